The molecular formula is C12H17ClN2O2. The number of ether oxygens (including phenoxy) is 1. The Morgan fingerprint density at radius 2 is 2.18 bits per heavy atom. The van der Waals surface area contributed by atoms with Gasteiger partial charge in [-0.25, -0.2) is 0 Å². The standard InChI is InChI=1S/C12H17ClN2O2/c1-9-7-10(3-4-11(9)13)17-8-12(16)15-6-5-14-2/h3-4,7,14H,5-6,8H2,1-2H3,(H,15,16). The van der Waals surface area contributed by atoms with Crippen LogP contribution in [0, 0.1) is 6.92 Å². The van der Waals surface area contributed by atoms with Crippen LogP contribution < -0.4 is 15.4 Å². The van der Waals surface area contributed by atoms with E-state index in [9.17, 15) is 4.79 Å². The van der Waals surface area contributed by atoms with Gasteiger partial charge >= 0.3 is 0 Å². The molecule has 17 heavy (non-hydrogen) atoms. The smallest absolute Gasteiger partial charge is 0.257 e. The molecule has 1 aromatic carbocycles. The fourth-order valence-corrected chi connectivity index (χ4v) is 1.35. The summed E-state index contributed by atoms with van der Waals surface area (Å²) in [5, 5.41) is 6.36. The van der Waals surface area contributed by atoms with Gasteiger partial charge in [-0.3, -0.25) is 4.79 Å². The molecule has 0 atom stereocenters. The van der Waals surface area contributed by atoms with E-state index in [0.717, 1.165) is 12.1 Å². The average molecular weight is 257 g/mol. The Kier molecular flexibility index (Phi) is 5.80. The van der Waals surface area contributed by atoms with Crippen LogP contribution in [0.25, 0.3) is 0 Å². The first-order valence-corrected chi connectivity index (χ1v) is 5.81. The SMILES string of the molecule is CNCCNC(=O)COc1ccc(Cl)c(C)c1. The number of amides is 1. The van der Waals surface area contributed by atoms with Gasteiger partial charge in [0.2, 0.25) is 0 Å². The maximum Gasteiger partial charge on any atom is 0.257 e. The highest BCUT2D eigenvalue weighted by Gasteiger charge is 2.03. The number of carbonyl (C=O) groups excluding carboxylic acids is 1. The molecule has 0 spiro atoms. The van der Waals surface area contributed by atoms with Gasteiger partial charge in [0.1, 0.15) is 5.75 Å². The van der Waals surface area contributed by atoms with Crippen LogP contribution in [0.15, 0.2) is 18.2 Å². The molecular weight excluding hydrogens is 240 g/mol. The average Bonchev–Trinajstić information content (AvgIpc) is 2.31. The number of likely N-dealkylation sites (N-methyl/N-ethyl adjacent to an activating group) is 1. The highest BCUT2D eigenvalue weighted by atomic mass is 35.5. The second-order valence-electron chi connectivity index (χ2n) is 3.65. The van der Waals surface area contributed by atoms with E-state index in [4.69, 9.17) is 16.3 Å². The van der Waals surface area contributed by atoms with Crippen LogP contribution in [0.4, 0.5) is 0 Å². The van der Waals surface area contributed by atoms with E-state index in [-0.39, 0.29) is 12.5 Å². The molecule has 1 amide bonds. The first-order chi connectivity index (χ1) is 8.13. The monoisotopic (exact) mass is 256 g/mol. The van der Waals surface area contributed by atoms with E-state index in [1.165, 1.54) is 0 Å². The number of carbonyl (C=O) groups is 1. The second-order valence-corrected chi connectivity index (χ2v) is 4.06. The predicted octanol–water partition coefficient (Wildman–Crippen LogP) is 1.36. The van der Waals surface area contributed by atoms with Crippen molar-refractivity contribution in [1.82, 2.24) is 10.6 Å². The molecule has 1 rings (SSSR count). The molecule has 0 bridgehead atoms. The van der Waals surface area contributed by atoms with E-state index >= 15 is 0 Å². The van der Waals surface area contributed by atoms with Gasteiger partial charge in [0.25, 0.3) is 5.91 Å². The molecule has 0 aliphatic heterocycles. The molecule has 0 saturated carbocycles. The van der Waals surface area contributed by atoms with Gasteiger partial charge in [-0.15, -0.1) is 0 Å². The van der Waals surface area contributed by atoms with Crippen molar-refractivity contribution in [1.29, 1.82) is 0 Å². The van der Waals surface area contributed by atoms with Crippen molar-refractivity contribution in [3.05, 3.63) is 28.8 Å². The fraction of sp³-hybridized carbons (Fsp3) is 0.417. The lowest BCUT2D eigenvalue weighted by Gasteiger charge is -2.08. The summed E-state index contributed by atoms with van der Waals surface area (Å²) < 4.78 is 5.34. The maximum absolute atomic E-state index is 11.4. The Balaban J connectivity index is 2.34. The molecule has 0 aliphatic rings. The summed E-state index contributed by atoms with van der Waals surface area (Å²) in [6, 6.07) is 5.31. The number of aryl methyl sites for hydroxylation is 1. The van der Waals surface area contributed by atoms with E-state index < -0.39 is 0 Å². The molecule has 0 saturated heterocycles. The lowest BCUT2D eigenvalue weighted by Crippen LogP contribution is -2.33. The summed E-state index contributed by atoms with van der Waals surface area (Å²) in [6.45, 7) is 3.25. The Bertz CT molecular complexity index is 383. The van der Waals surface area contributed by atoms with Gasteiger partial charge in [-0.2, -0.15) is 0 Å². The summed E-state index contributed by atoms with van der Waals surface area (Å²) >= 11 is 5.89. The Morgan fingerprint density at radius 1 is 1.41 bits per heavy atom. The summed E-state index contributed by atoms with van der Waals surface area (Å²) in [5.41, 5.74) is 0.930. The molecule has 94 valence electrons. The van der Waals surface area contributed by atoms with Crippen molar-refractivity contribution in [2.45, 2.75) is 6.92 Å². The van der Waals surface area contributed by atoms with E-state index in [1.807, 2.05) is 20.0 Å². The van der Waals surface area contributed by atoms with E-state index in [1.54, 1.807) is 12.1 Å². The lowest BCUT2D eigenvalue weighted by molar-refractivity contribution is -0.123. The first kappa shape index (κ1) is 13.8. The first-order valence-electron chi connectivity index (χ1n) is 5.43. The number of benzene rings is 1. The van der Waals surface area contributed by atoms with Crippen LogP contribution in [-0.4, -0.2) is 32.7 Å². The van der Waals surface area contributed by atoms with Gasteiger partial charge in [-0.05, 0) is 37.7 Å². The minimum atomic E-state index is -0.132. The van der Waals surface area contributed by atoms with Crippen molar-refractivity contribution < 1.29 is 9.53 Å². The second kappa shape index (κ2) is 7.14. The Labute approximate surface area is 106 Å². The zero-order chi connectivity index (χ0) is 12.7. The van der Waals surface area contributed by atoms with Gasteiger partial charge in [0.15, 0.2) is 6.61 Å². The van der Waals surface area contributed by atoms with E-state index in [2.05, 4.69) is 10.6 Å². The predicted molar refractivity (Wildman–Crippen MR) is 68.6 cm³/mol. The zero-order valence-corrected chi connectivity index (χ0v) is 10.8. The third-order valence-corrected chi connectivity index (χ3v) is 2.62. The molecule has 0 aliphatic carbocycles. The highest BCUT2D eigenvalue weighted by molar-refractivity contribution is 6.31. The number of hydrogen-bond acceptors (Lipinski definition) is 3. The number of hydrogen-bond donors (Lipinski definition) is 2. The van der Waals surface area contributed by atoms with Crippen molar-refractivity contribution in [2.75, 3.05) is 26.7 Å². The number of halogens is 1. The minimum Gasteiger partial charge on any atom is -0.484 e. The van der Waals surface area contributed by atoms with Crippen molar-refractivity contribution in [3.63, 3.8) is 0 Å². The molecule has 0 fully saturated rings. The van der Waals surface area contributed by atoms with Crippen LogP contribution in [0.3, 0.4) is 0 Å². The van der Waals surface area contributed by atoms with Gasteiger partial charge in [-0.1, -0.05) is 11.6 Å². The quantitative estimate of drug-likeness (QED) is 0.756. The van der Waals surface area contributed by atoms with Crippen molar-refractivity contribution >= 4 is 17.5 Å². The molecule has 5 heteroatoms. The molecule has 0 unspecified atom stereocenters. The van der Waals surface area contributed by atoms with Crippen molar-refractivity contribution in [2.24, 2.45) is 0 Å². The normalized spacial score (nSPS) is 10.1. The van der Waals surface area contributed by atoms with Crippen LogP contribution in [-0.2, 0) is 4.79 Å². The molecule has 0 aromatic heterocycles. The van der Waals surface area contributed by atoms with Crippen molar-refractivity contribution in [3.8, 4) is 5.75 Å². The van der Waals surface area contributed by atoms with Crippen LogP contribution in [0.2, 0.25) is 5.02 Å². The molecule has 0 radical (unpaired) electrons. The third-order valence-electron chi connectivity index (χ3n) is 2.20. The van der Waals surface area contributed by atoms with Gasteiger partial charge in [0, 0.05) is 18.1 Å². The summed E-state index contributed by atoms with van der Waals surface area (Å²) in [6.07, 6.45) is 0. The summed E-state index contributed by atoms with van der Waals surface area (Å²) in [5.74, 6) is 0.517. The molecule has 2 N–H and O–H groups in total. The fourth-order valence-electron chi connectivity index (χ4n) is 1.23. The van der Waals surface area contributed by atoms with E-state index in [0.29, 0.717) is 17.3 Å². The highest BCUT2D eigenvalue weighted by Crippen LogP contribution is 2.20. The third kappa shape index (κ3) is 5.06. The zero-order valence-electron chi connectivity index (χ0n) is 10.0. The van der Waals surface area contributed by atoms with Crippen LogP contribution >= 0.6 is 11.6 Å². The lowest BCUT2D eigenvalue weighted by atomic mass is 10.2. The number of rotatable bonds is 6. The maximum atomic E-state index is 11.4. The molecule has 0 heterocycles. The molecule has 1 aromatic rings. The van der Waals surface area contributed by atoms with Crippen LogP contribution in [0.5, 0.6) is 5.75 Å². The summed E-state index contributed by atoms with van der Waals surface area (Å²) in [7, 11) is 1.83. The topological polar surface area (TPSA) is 50.4 Å². The largest absolute Gasteiger partial charge is 0.484 e. The Hall–Kier alpha value is -1.26. The summed E-state index contributed by atoms with van der Waals surface area (Å²) in [4.78, 5) is 11.4. The minimum absolute atomic E-state index is 0.0186. The van der Waals surface area contributed by atoms with Gasteiger partial charge in [0.05, 0.1) is 0 Å². The molecule has 4 nitrogen and oxygen atoms in total. The van der Waals surface area contributed by atoms with Crippen LogP contribution in [0.1, 0.15) is 5.56 Å². The van der Waals surface area contributed by atoms with Gasteiger partial charge < -0.3 is 15.4 Å². The Morgan fingerprint density at radius 3 is 2.82 bits per heavy atom. The number of nitrogens with one attached hydrogen (secondary N) is 2.